The van der Waals surface area contributed by atoms with Crippen molar-refractivity contribution in [3.63, 3.8) is 0 Å². The van der Waals surface area contributed by atoms with Gasteiger partial charge in [0.1, 0.15) is 6.67 Å². The minimum atomic E-state index is -1.62. The van der Waals surface area contributed by atoms with Crippen molar-refractivity contribution in [2.75, 3.05) is 6.67 Å². The van der Waals surface area contributed by atoms with E-state index in [1.54, 1.807) is 0 Å². The molecule has 0 amide bonds. The molecule has 1 atom stereocenters. The molecule has 0 aliphatic heterocycles. The minimum absolute atomic E-state index is 0. The topological polar surface area (TPSA) is 26.0 Å². The van der Waals surface area contributed by atoms with E-state index < -0.39 is 30.2 Å². The Bertz CT molecular complexity index is 318. The van der Waals surface area contributed by atoms with Crippen LogP contribution in [0.3, 0.4) is 0 Å². The number of hydrogen-bond acceptors (Lipinski definition) is 1. The summed E-state index contributed by atoms with van der Waals surface area (Å²) in [5.41, 5.74) is 4.75. The fourth-order valence-electron chi connectivity index (χ4n) is 0.910. The third-order valence-electron chi connectivity index (χ3n) is 1.63. The predicted octanol–water partition coefficient (Wildman–Crippen LogP) is 2.50. The molecule has 1 nitrogen and oxygen atoms in total. The molecule has 0 spiro atoms. The first-order valence-electron chi connectivity index (χ1n) is 3.53. The van der Waals surface area contributed by atoms with Crippen molar-refractivity contribution >= 4 is 12.4 Å². The first-order chi connectivity index (χ1) is 6.07. The number of benzene rings is 1. The van der Waals surface area contributed by atoms with Crippen molar-refractivity contribution in [3.05, 3.63) is 35.1 Å². The summed E-state index contributed by atoms with van der Waals surface area (Å²) in [6, 6.07) is 0.386. The third kappa shape index (κ3) is 2.36. The van der Waals surface area contributed by atoms with Gasteiger partial charge in [0, 0.05) is 5.56 Å². The van der Waals surface area contributed by atoms with Crippen LogP contribution in [0.5, 0.6) is 0 Å². The molecule has 2 N–H and O–H groups in total. The molecule has 0 saturated heterocycles. The highest BCUT2D eigenvalue weighted by Crippen LogP contribution is 2.19. The Morgan fingerprint density at radius 1 is 1.14 bits per heavy atom. The summed E-state index contributed by atoms with van der Waals surface area (Å²) in [6.45, 7) is -1.03. The number of nitrogens with two attached hydrogens (primary N) is 1. The molecule has 0 aromatic heterocycles. The van der Waals surface area contributed by atoms with Crippen molar-refractivity contribution in [1.82, 2.24) is 0 Å². The lowest BCUT2D eigenvalue weighted by Crippen LogP contribution is -2.15. The average molecular weight is 230 g/mol. The van der Waals surface area contributed by atoms with Gasteiger partial charge in [0.05, 0.1) is 6.04 Å². The van der Waals surface area contributed by atoms with Gasteiger partial charge in [-0.2, -0.15) is 0 Å². The molecule has 0 radical (unpaired) electrons. The van der Waals surface area contributed by atoms with Crippen molar-refractivity contribution in [2.45, 2.75) is 6.04 Å². The van der Waals surface area contributed by atoms with E-state index in [1.807, 2.05) is 0 Å². The second-order valence-corrected chi connectivity index (χ2v) is 2.53. The van der Waals surface area contributed by atoms with Crippen LogP contribution in [0.1, 0.15) is 11.6 Å². The van der Waals surface area contributed by atoms with Gasteiger partial charge < -0.3 is 5.73 Å². The van der Waals surface area contributed by atoms with Crippen molar-refractivity contribution in [2.24, 2.45) is 5.73 Å². The van der Waals surface area contributed by atoms with Gasteiger partial charge in [-0.1, -0.05) is 6.07 Å². The van der Waals surface area contributed by atoms with E-state index in [4.69, 9.17) is 5.73 Å². The quantitative estimate of drug-likeness (QED) is 0.612. The monoisotopic (exact) mass is 229 g/mol. The summed E-state index contributed by atoms with van der Waals surface area (Å²) in [5, 5.41) is 0. The molecule has 0 aliphatic carbocycles. The minimum Gasteiger partial charge on any atom is -0.322 e. The number of halogens is 5. The van der Waals surface area contributed by atoms with Crippen LogP contribution in [0.4, 0.5) is 17.6 Å². The Morgan fingerprint density at radius 3 is 2.21 bits per heavy atom. The Labute approximate surface area is 84.3 Å². The first-order valence-corrected chi connectivity index (χ1v) is 3.53. The second-order valence-electron chi connectivity index (χ2n) is 2.53. The maximum atomic E-state index is 12.8. The van der Waals surface area contributed by atoms with Gasteiger partial charge in [-0.15, -0.1) is 12.4 Å². The largest absolute Gasteiger partial charge is 0.322 e. The second kappa shape index (κ2) is 5.17. The Hall–Kier alpha value is -0.810. The van der Waals surface area contributed by atoms with E-state index in [-0.39, 0.29) is 18.0 Å². The SMILES string of the molecule is Cl.N[C@H](CF)c1ccc(F)c(F)c1F. The lowest BCUT2D eigenvalue weighted by atomic mass is 10.1. The molecule has 0 unspecified atom stereocenters. The molecule has 1 aromatic rings. The molecule has 0 aliphatic rings. The zero-order chi connectivity index (χ0) is 10.0. The summed E-state index contributed by atoms with van der Waals surface area (Å²) in [5.74, 6) is -4.36. The zero-order valence-electron chi connectivity index (χ0n) is 6.94. The van der Waals surface area contributed by atoms with Crippen LogP contribution in [0.15, 0.2) is 12.1 Å². The Balaban J connectivity index is 0.00000169. The van der Waals surface area contributed by atoms with Gasteiger partial charge in [-0.25, -0.2) is 17.6 Å². The summed E-state index contributed by atoms with van der Waals surface area (Å²) in [4.78, 5) is 0. The highest BCUT2D eigenvalue weighted by molar-refractivity contribution is 5.85. The van der Waals surface area contributed by atoms with Crippen molar-refractivity contribution in [3.8, 4) is 0 Å². The summed E-state index contributed by atoms with van der Waals surface area (Å²) >= 11 is 0. The van der Waals surface area contributed by atoms with Crippen LogP contribution in [0, 0.1) is 17.5 Å². The Morgan fingerprint density at radius 2 is 1.71 bits per heavy atom. The Kier molecular flexibility index (Phi) is 4.87. The maximum absolute atomic E-state index is 12.8. The third-order valence-corrected chi connectivity index (χ3v) is 1.63. The lowest BCUT2D eigenvalue weighted by Gasteiger charge is -2.08. The van der Waals surface area contributed by atoms with Gasteiger partial charge in [-0.3, -0.25) is 0 Å². The van der Waals surface area contributed by atoms with Gasteiger partial charge in [0.25, 0.3) is 0 Å². The highest BCUT2D eigenvalue weighted by Gasteiger charge is 2.17. The van der Waals surface area contributed by atoms with E-state index >= 15 is 0 Å². The molecular weight excluding hydrogens is 222 g/mol. The van der Waals surface area contributed by atoms with E-state index in [9.17, 15) is 17.6 Å². The van der Waals surface area contributed by atoms with Crippen molar-refractivity contribution in [1.29, 1.82) is 0 Å². The lowest BCUT2D eigenvalue weighted by molar-refractivity contribution is 0.403. The molecule has 6 heteroatoms. The maximum Gasteiger partial charge on any atom is 0.194 e. The zero-order valence-corrected chi connectivity index (χ0v) is 7.75. The molecule has 14 heavy (non-hydrogen) atoms. The standard InChI is InChI=1S/C8H7F4N.ClH/c9-3-6(13)4-1-2-5(10)8(12)7(4)11;/h1-2,6H,3,13H2;1H/t6-;/m1./s1. The van der Waals surface area contributed by atoms with E-state index in [0.29, 0.717) is 6.07 Å². The van der Waals surface area contributed by atoms with Gasteiger partial charge in [0.15, 0.2) is 17.5 Å². The number of rotatable bonds is 2. The number of alkyl halides is 1. The average Bonchev–Trinajstić information content (AvgIpc) is 2.13. The van der Waals surface area contributed by atoms with Crippen LogP contribution < -0.4 is 5.73 Å². The van der Waals surface area contributed by atoms with E-state index in [0.717, 1.165) is 6.07 Å². The van der Waals surface area contributed by atoms with Crippen LogP contribution in [-0.4, -0.2) is 6.67 Å². The molecular formula is C8H8ClF4N. The summed E-state index contributed by atoms with van der Waals surface area (Å²) in [6.07, 6.45) is 0. The molecule has 1 rings (SSSR count). The van der Waals surface area contributed by atoms with Crippen LogP contribution in [0.25, 0.3) is 0 Å². The van der Waals surface area contributed by atoms with Crippen LogP contribution in [-0.2, 0) is 0 Å². The summed E-state index contributed by atoms with van der Waals surface area (Å²) < 4.78 is 49.8. The van der Waals surface area contributed by atoms with Crippen molar-refractivity contribution < 1.29 is 17.6 Å². The fraction of sp³-hybridized carbons (Fsp3) is 0.250. The smallest absolute Gasteiger partial charge is 0.194 e. The van der Waals surface area contributed by atoms with Gasteiger partial charge in [-0.05, 0) is 6.07 Å². The number of hydrogen-bond donors (Lipinski definition) is 1. The van der Waals surface area contributed by atoms with Crippen LogP contribution in [0.2, 0.25) is 0 Å². The molecule has 80 valence electrons. The fourth-order valence-corrected chi connectivity index (χ4v) is 0.910. The normalized spacial score (nSPS) is 12.1. The van der Waals surface area contributed by atoms with E-state index in [2.05, 4.69) is 0 Å². The molecule has 0 saturated carbocycles. The van der Waals surface area contributed by atoms with Gasteiger partial charge in [0.2, 0.25) is 0 Å². The molecule has 1 aromatic carbocycles. The molecule has 0 fully saturated rings. The van der Waals surface area contributed by atoms with E-state index in [1.165, 1.54) is 0 Å². The highest BCUT2D eigenvalue weighted by atomic mass is 35.5. The predicted molar refractivity (Wildman–Crippen MR) is 46.5 cm³/mol. The molecule has 0 heterocycles. The van der Waals surface area contributed by atoms with Crippen LogP contribution >= 0.6 is 12.4 Å². The van der Waals surface area contributed by atoms with Gasteiger partial charge >= 0.3 is 0 Å². The molecule has 0 bridgehead atoms. The summed E-state index contributed by atoms with van der Waals surface area (Å²) in [7, 11) is 0. The first kappa shape index (κ1) is 13.2.